The van der Waals surface area contributed by atoms with E-state index in [0.717, 1.165) is 25.9 Å². The summed E-state index contributed by atoms with van der Waals surface area (Å²) in [5, 5.41) is 0. The maximum Gasteiger partial charge on any atom is 0.254 e. The van der Waals surface area contributed by atoms with E-state index in [-0.39, 0.29) is 11.7 Å². The third-order valence-corrected chi connectivity index (χ3v) is 4.59. The van der Waals surface area contributed by atoms with Crippen LogP contribution in [-0.2, 0) is 0 Å². The second kappa shape index (κ2) is 6.78. The third kappa shape index (κ3) is 3.19. The van der Waals surface area contributed by atoms with Crippen molar-refractivity contribution in [2.24, 2.45) is 5.92 Å². The van der Waals surface area contributed by atoms with Gasteiger partial charge in [-0.25, -0.2) is 0 Å². The first-order valence-electron chi connectivity index (χ1n) is 8.18. The van der Waals surface area contributed by atoms with Crippen molar-refractivity contribution in [3.05, 3.63) is 71.3 Å². The molecule has 0 saturated carbocycles. The van der Waals surface area contributed by atoms with Crippen LogP contribution < -0.4 is 0 Å². The maximum absolute atomic E-state index is 12.8. The van der Waals surface area contributed by atoms with Gasteiger partial charge in [-0.2, -0.15) is 0 Å². The number of nitrogens with zero attached hydrogens (tertiary/aromatic N) is 1. The van der Waals surface area contributed by atoms with Gasteiger partial charge in [-0.05, 0) is 18.4 Å². The summed E-state index contributed by atoms with van der Waals surface area (Å²) < 4.78 is 0. The summed E-state index contributed by atoms with van der Waals surface area (Å²) in [6.07, 6.45) is 2.14. The van der Waals surface area contributed by atoms with Crippen LogP contribution >= 0.6 is 0 Å². The molecule has 1 aliphatic rings. The molecule has 0 spiro atoms. The molecule has 1 fully saturated rings. The van der Waals surface area contributed by atoms with Crippen LogP contribution in [0.15, 0.2) is 54.6 Å². The summed E-state index contributed by atoms with van der Waals surface area (Å²) in [6.45, 7) is 3.74. The van der Waals surface area contributed by atoms with Crippen molar-refractivity contribution in [1.82, 2.24) is 4.90 Å². The van der Waals surface area contributed by atoms with Crippen molar-refractivity contribution >= 4 is 11.7 Å². The average Bonchev–Trinajstić information content (AvgIpc) is 3.10. The molecule has 0 aromatic heterocycles. The summed E-state index contributed by atoms with van der Waals surface area (Å²) in [5.74, 6) is 0.456. The molecule has 2 aromatic rings. The summed E-state index contributed by atoms with van der Waals surface area (Å²) >= 11 is 0. The van der Waals surface area contributed by atoms with Gasteiger partial charge in [0.1, 0.15) is 0 Å². The van der Waals surface area contributed by atoms with Crippen molar-refractivity contribution in [3.8, 4) is 0 Å². The van der Waals surface area contributed by atoms with E-state index in [9.17, 15) is 9.59 Å². The van der Waals surface area contributed by atoms with Gasteiger partial charge in [0.05, 0.1) is 5.56 Å². The van der Waals surface area contributed by atoms with E-state index in [1.807, 2.05) is 35.2 Å². The normalized spacial score (nSPS) is 17.3. The highest BCUT2D eigenvalue weighted by Crippen LogP contribution is 2.23. The lowest BCUT2D eigenvalue weighted by atomic mass is 9.97. The first-order chi connectivity index (χ1) is 11.2. The number of carbonyl (C=O) groups is 2. The van der Waals surface area contributed by atoms with E-state index in [1.165, 1.54) is 0 Å². The Kier molecular flexibility index (Phi) is 4.56. The predicted octanol–water partition coefficient (Wildman–Crippen LogP) is 3.79. The molecule has 0 bridgehead atoms. The van der Waals surface area contributed by atoms with Gasteiger partial charge in [0.25, 0.3) is 5.91 Å². The van der Waals surface area contributed by atoms with Crippen LogP contribution in [0, 0.1) is 5.92 Å². The zero-order valence-corrected chi connectivity index (χ0v) is 13.4. The monoisotopic (exact) mass is 307 g/mol. The fourth-order valence-corrected chi connectivity index (χ4v) is 3.13. The van der Waals surface area contributed by atoms with Crippen molar-refractivity contribution < 1.29 is 9.59 Å². The zero-order chi connectivity index (χ0) is 16.2. The van der Waals surface area contributed by atoms with Gasteiger partial charge in [0.2, 0.25) is 0 Å². The van der Waals surface area contributed by atoms with Crippen LogP contribution in [0.2, 0.25) is 0 Å². The summed E-state index contributed by atoms with van der Waals surface area (Å²) in [4.78, 5) is 27.5. The highest BCUT2D eigenvalue weighted by Gasteiger charge is 2.28. The van der Waals surface area contributed by atoms with E-state index >= 15 is 0 Å². The van der Waals surface area contributed by atoms with Crippen LogP contribution in [0.4, 0.5) is 0 Å². The molecule has 3 rings (SSSR count). The third-order valence-electron chi connectivity index (χ3n) is 4.59. The van der Waals surface area contributed by atoms with Crippen LogP contribution in [0.3, 0.4) is 0 Å². The molecule has 3 heteroatoms. The lowest BCUT2D eigenvalue weighted by molar-refractivity contribution is 0.0782. The molecular formula is C20H21NO2. The molecular weight excluding hydrogens is 286 g/mol. The molecule has 0 aliphatic carbocycles. The molecule has 1 aliphatic heterocycles. The summed E-state index contributed by atoms with van der Waals surface area (Å²) in [7, 11) is 0. The molecule has 0 N–H and O–H groups in total. The van der Waals surface area contributed by atoms with Crippen molar-refractivity contribution in [2.45, 2.75) is 19.8 Å². The molecule has 1 amide bonds. The number of amides is 1. The smallest absolute Gasteiger partial charge is 0.254 e. The van der Waals surface area contributed by atoms with Gasteiger partial charge in [-0.1, -0.05) is 61.9 Å². The SMILES string of the molecule is CCC1CCN(C(=O)c2ccccc2C(=O)c2ccccc2)C1. The Morgan fingerprint density at radius 2 is 1.65 bits per heavy atom. The van der Waals surface area contributed by atoms with Gasteiger partial charge < -0.3 is 4.90 Å². The van der Waals surface area contributed by atoms with E-state index in [0.29, 0.717) is 22.6 Å². The second-order valence-electron chi connectivity index (χ2n) is 6.05. The minimum atomic E-state index is -0.0965. The number of rotatable bonds is 4. The zero-order valence-electron chi connectivity index (χ0n) is 13.4. The number of likely N-dealkylation sites (tertiary alicyclic amines) is 1. The van der Waals surface area contributed by atoms with Gasteiger partial charge in [-0.3, -0.25) is 9.59 Å². The van der Waals surface area contributed by atoms with Crippen LogP contribution in [0.1, 0.15) is 46.0 Å². The van der Waals surface area contributed by atoms with Crippen LogP contribution in [0.5, 0.6) is 0 Å². The summed E-state index contributed by atoms with van der Waals surface area (Å²) in [5.41, 5.74) is 1.61. The molecule has 1 heterocycles. The first-order valence-corrected chi connectivity index (χ1v) is 8.18. The van der Waals surface area contributed by atoms with Crippen molar-refractivity contribution in [1.29, 1.82) is 0 Å². The number of ketones is 1. The van der Waals surface area contributed by atoms with Crippen LogP contribution in [-0.4, -0.2) is 29.7 Å². The van der Waals surface area contributed by atoms with Crippen LogP contribution in [0.25, 0.3) is 0 Å². The lowest BCUT2D eigenvalue weighted by Crippen LogP contribution is -2.30. The van der Waals surface area contributed by atoms with Gasteiger partial charge >= 0.3 is 0 Å². The Morgan fingerprint density at radius 3 is 2.30 bits per heavy atom. The largest absolute Gasteiger partial charge is 0.338 e. The van der Waals surface area contributed by atoms with E-state index in [4.69, 9.17) is 0 Å². The Balaban J connectivity index is 1.89. The van der Waals surface area contributed by atoms with Crippen molar-refractivity contribution in [3.63, 3.8) is 0 Å². The van der Waals surface area contributed by atoms with Crippen molar-refractivity contribution in [2.75, 3.05) is 13.1 Å². The lowest BCUT2D eigenvalue weighted by Gasteiger charge is -2.18. The molecule has 0 radical (unpaired) electrons. The van der Waals surface area contributed by atoms with Gasteiger partial charge in [0, 0.05) is 24.2 Å². The quantitative estimate of drug-likeness (QED) is 0.806. The Bertz CT molecular complexity index is 709. The standard InChI is InChI=1S/C20H21NO2/c1-2-15-12-13-21(14-15)20(23)18-11-7-6-10-17(18)19(22)16-8-4-3-5-9-16/h3-11,15H,2,12-14H2,1H3. The first kappa shape index (κ1) is 15.5. The Labute approximate surface area is 136 Å². The van der Waals surface area contributed by atoms with E-state index in [1.54, 1.807) is 24.3 Å². The Morgan fingerprint density at radius 1 is 1.00 bits per heavy atom. The molecule has 1 atom stereocenters. The second-order valence-corrected chi connectivity index (χ2v) is 6.05. The average molecular weight is 307 g/mol. The van der Waals surface area contributed by atoms with E-state index in [2.05, 4.69) is 6.92 Å². The number of carbonyl (C=O) groups excluding carboxylic acids is 2. The molecule has 3 nitrogen and oxygen atoms in total. The topological polar surface area (TPSA) is 37.4 Å². The maximum atomic E-state index is 12.8. The minimum absolute atomic E-state index is 0.0270. The highest BCUT2D eigenvalue weighted by molar-refractivity contribution is 6.15. The fraction of sp³-hybridized carbons (Fsp3) is 0.300. The summed E-state index contributed by atoms with van der Waals surface area (Å²) in [6, 6.07) is 16.3. The number of benzene rings is 2. The fourth-order valence-electron chi connectivity index (χ4n) is 3.13. The number of hydrogen-bond acceptors (Lipinski definition) is 2. The highest BCUT2D eigenvalue weighted by atomic mass is 16.2. The number of hydrogen-bond donors (Lipinski definition) is 0. The Hall–Kier alpha value is -2.42. The molecule has 2 aromatic carbocycles. The van der Waals surface area contributed by atoms with Gasteiger partial charge in [-0.15, -0.1) is 0 Å². The van der Waals surface area contributed by atoms with E-state index < -0.39 is 0 Å². The predicted molar refractivity (Wildman–Crippen MR) is 90.6 cm³/mol. The molecule has 1 unspecified atom stereocenters. The molecule has 23 heavy (non-hydrogen) atoms. The molecule has 1 saturated heterocycles. The van der Waals surface area contributed by atoms with Gasteiger partial charge in [0.15, 0.2) is 5.78 Å². The minimum Gasteiger partial charge on any atom is -0.338 e. The molecule has 118 valence electrons.